The molecule has 1 heteroatoms. The summed E-state index contributed by atoms with van der Waals surface area (Å²) in [6.07, 6.45) is 2.85. The monoisotopic (exact) mass is 111 g/mol. The van der Waals surface area contributed by atoms with Gasteiger partial charge in [0.25, 0.3) is 0 Å². The molecule has 1 atom stereocenters. The van der Waals surface area contributed by atoms with Crippen molar-refractivity contribution in [2.45, 2.75) is 19.8 Å². The van der Waals surface area contributed by atoms with Crippen LogP contribution in [0.2, 0.25) is 0 Å². The van der Waals surface area contributed by atoms with E-state index in [0.29, 0.717) is 0 Å². The summed E-state index contributed by atoms with van der Waals surface area (Å²) in [4.78, 5) is 3.85. The van der Waals surface area contributed by atoms with E-state index in [2.05, 4.69) is 18.6 Å². The molecule has 1 saturated carbocycles. The summed E-state index contributed by atoms with van der Waals surface area (Å²) in [6.45, 7) is 6.68. The Morgan fingerprint density at radius 3 is 2.75 bits per heavy atom. The fraction of sp³-hybridized carbons (Fsp3) is 0.857. The maximum absolute atomic E-state index is 3.85. The molecule has 0 saturated heterocycles. The minimum Gasteiger partial charge on any atom is -0.301 e. The Morgan fingerprint density at radius 2 is 2.38 bits per heavy atom. The van der Waals surface area contributed by atoms with E-state index in [4.69, 9.17) is 0 Å². The van der Waals surface area contributed by atoms with Crippen LogP contribution in [0, 0.1) is 11.8 Å². The summed E-state index contributed by atoms with van der Waals surface area (Å²) in [7, 11) is 0. The fourth-order valence-electron chi connectivity index (χ4n) is 1.02. The molecule has 0 bridgehead atoms. The molecular weight excluding hydrogens is 98.1 g/mol. The molecule has 1 rings (SSSR count). The SMILES string of the molecule is C=NC[C@@H](C)C1CC1. The summed E-state index contributed by atoms with van der Waals surface area (Å²) in [6, 6.07) is 0. The normalized spacial score (nSPS) is 22.6. The largest absolute Gasteiger partial charge is 0.301 e. The van der Waals surface area contributed by atoms with E-state index in [-0.39, 0.29) is 0 Å². The summed E-state index contributed by atoms with van der Waals surface area (Å²) in [5.74, 6) is 1.79. The van der Waals surface area contributed by atoms with Crippen LogP contribution in [-0.4, -0.2) is 13.3 Å². The molecule has 0 N–H and O–H groups in total. The van der Waals surface area contributed by atoms with Gasteiger partial charge >= 0.3 is 0 Å². The molecule has 0 aromatic rings. The number of aliphatic imine (C=N–C) groups is 1. The Bertz CT molecular complexity index is 84.4. The summed E-state index contributed by atoms with van der Waals surface area (Å²) in [5, 5.41) is 0. The van der Waals surface area contributed by atoms with Crippen molar-refractivity contribution in [3.63, 3.8) is 0 Å². The van der Waals surface area contributed by atoms with E-state index in [0.717, 1.165) is 18.4 Å². The predicted octanol–water partition coefficient (Wildman–Crippen LogP) is 1.73. The number of rotatable bonds is 3. The van der Waals surface area contributed by atoms with Crippen LogP contribution < -0.4 is 0 Å². The zero-order valence-electron chi connectivity index (χ0n) is 5.43. The Kier molecular flexibility index (Phi) is 1.66. The van der Waals surface area contributed by atoms with Crippen molar-refractivity contribution < 1.29 is 0 Å². The Balaban J connectivity index is 2.12. The van der Waals surface area contributed by atoms with Crippen LogP contribution in [0.15, 0.2) is 4.99 Å². The van der Waals surface area contributed by atoms with Crippen LogP contribution in [0.25, 0.3) is 0 Å². The van der Waals surface area contributed by atoms with Gasteiger partial charge in [-0.2, -0.15) is 0 Å². The van der Waals surface area contributed by atoms with Crippen molar-refractivity contribution in [1.82, 2.24) is 0 Å². The highest BCUT2D eigenvalue weighted by molar-refractivity contribution is 5.23. The van der Waals surface area contributed by atoms with Gasteiger partial charge in [0.2, 0.25) is 0 Å². The standard InChI is InChI=1S/C7H13N/c1-6(5-8-2)7-3-4-7/h6-7H,2-5H2,1H3/t6-/m1/s1. The van der Waals surface area contributed by atoms with Crippen molar-refractivity contribution in [3.05, 3.63) is 0 Å². The van der Waals surface area contributed by atoms with Crippen LogP contribution in [0.3, 0.4) is 0 Å². The molecule has 1 nitrogen and oxygen atoms in total. The minimum atomic E-state index is 0.799. The van der Waals surface area contributed by atoms with Crippen molar-refractivity contribution in [3.8, 4) is 0 Å². The van der Waals surface area contributed by atoms with Crippen LogP contribution in [-0.2, 0) is 0 Å². The second kappa shape index (κ2) is 2.29. The van der Waals surface area contributed by atoms with Gasteiger partial charge in [0.1, 0.15) is 0 Å². The third-order valence-electron chi connectivity index (χ3n) is 1.84. The van der Waals surface area contributed by atoms with Crippen LogP contribution >= 0.6 is 0 Å². The quantitative estimate of drug-likeness (QED) is 0.492. The van der Waals surface area contributed by atoms with E-state index in [1.165, 1.54) is 12.8 Å². The van der Waals surface area contributed by atoms with Crippen molar-refractivity contribution in [2.75, 3.05) is 6.54 Å². The van der Waals surface area contributed by atoms with Gasteiger partial charge in [0.05, 0.1) is 0 Å². The van der Waals surface area contributed by atoms with E-state index >= 15 is 0 Å². The summed E-state index contributed by atoms with van der Waals surface area (Å²) in [5.41, 5.74) is 0. The molecule has 0 spiro atoms. The Morgan fingerprint density at radius 1 is 1.75 bits per heavy atom. The molecule has 1 aliphatic carbocycles. The molecule has 46 valence electrons. The zero-order valence-corrected chi connectivity index (χ0v) is 5.43. The van der Waals surface area contributed by atoms with Gasteiger partial charge in [-0.15, -0.1) is 0 Å². The average molecular weight is 111 g/mol. The number of hydrogen-bond acceptors (Lipinski definition) is 1. The van der Waals surface area contributed by atoms with Gasteiger partial charge in [0, 0.05) is 6.54 Å². The topological polar surface area (TPSA) is 12.4 Å². The maximum atomic E-state index is 3.85. The molecule has 0 radical (unpaired) electrons. The lowest BCUT2D eigenvalue weighted by atomic mass is 10.1. The molecule has 0 aliphatic heterocycles. The number of nitrogens with zero attached hydrogens (tertiary/aromatic N) is 1. The first kappa shape index (κ1) is 5.80. The van der Waals surface area contributed by atoms with Crippen LogP contribution in [0.1, 0.15) is 19.8 Å². The minimum absolute atomic E-state index is 0.799. The molecule has 1 fully saturated rings. The highest BCUT2D eigenvalue weighted by atomic mass is 14.7. The fourth-order valence-corrected chi connectivity index (χ4v) is 1.02. The van der Waals surface area contributed by atoms with Gasteiger partial charge in [0.15, 0.2) is 0 Å². The van der Waals surface area contributed by atoms with Gasteiger partial charge in [-0.25, -0.2) is 0 Å². The summed E-state index contributed by atoms with van der Waals surface area (Å²) < 4.78 is 0. The Hall–Kier alpha value is -0.330. The van der Waals surface area contributed by atoms with E-state index in [1.807, 2.05) is 0 Å². The average Bonchev–Trinajstić information content (AvgIpc) is 2.45. The molecule has 8 heavy (non-hydrogen) atoms. The van der Waals surface area contributed by atoms with Crippen LogP contribution in [0.4, 0.5) is 0 Å². The predicted molar refractivity (Wildman–Crippen MR) is 36.3 cm³/mol. The third-order valence-corrected chi connectivity index (χ3v) is 1.84. The second-order valence-electron chi connectivity index (χ2n) is 2.72. The van der Waals surface area contributed by atoms with E-state index < -0.39 is 0 Å². The molecule has 0 unspecified atom stereocenters. The molecule has 0 aromatic carbocycles. The lowest BCUT2D eigenvalue weighted by molar-refractivity contribution is 0.524. The van der Waals surface area contributed by atoms with Crippen molar-refractivity contribution in [2.24, 2.45) is 16.8 Å². The van der Waals surface area contributed by atoms with Crippen LogP contribution in [0.5, 0.6) is 0 Å². The maximum Gasteiger partial charge on any atom is 0.0410 e. The van der Waals surface area contributed by atoms with Gasteiger partial charge in [-0.3, -0.25) is 0 Å². The second-order valence-corrected chi connectivity index (χ2v) is 2.72. The van der Waals surface area contributed by atoms with Gasteiger partial charge in [-0.05, 0) is 31.4 Å². The van der Waals surface area contributed by atoms with E-state index in [1.54, 1.807) is 0 Å². The van der Waals surface area contributed by atoms with Crippen molar-refractivity contribution in [1.29, 1.82) is 0 Å². The lowest BCUT2D eigenvalue weighted by Crippen LogP contribution is -1.99. The summed E-state index contributed by atoms with van der Waals surface area (Å²) >= 11 is 0. The lowest BCUT2D eigenvalue weighted by Gasteiger charge is -2.02. The number of hydrogen-bond donors (Lipinski definition) is 0. The van der Waals surface area contributed by atoms with Crippen molar-refractivity contribution >= 4 is 6.72 Å². The molecular formula is C7H13N. The van der Waals surface area contributed by atoms with Gasteiger partial charge in [-0.1, -0.05) is 6.92 Å². The first-order valence-corrected chi connectivity index (χ1v) is 3.27. The molecule has 1 aliphatic rings. The first-order valence-electron chi connectivity index (χ1n) is 3.27. The highest BCUT2D eigenvalue weighted by Crippen LogP contribution is 2.36. The molecule has 0 aromatic heterocycles. The molecule has 0 heterocycles. The molecule has 0 amide bonds. The Labute approximate surface area is 50.8 Å². The third kappa shape index (κ3) is 1.32. The van der Waals surface area contributed by atoms with Gasteiger partial charge < -0.3 is 4.99 Å². The first-order chi connectivity index (χ1) is 3.84. The van der Waals surface area contributed by atoms with E-state index in [9.17, 15) is 0 Å². The smallest absolute Gasteiger partial charge is 0.0410 e. The zero-order chi connectivity index (χ0) is 5.98. The highest BCUT2D eigenvalue weighted by Gasteiger charge is 2.26.